The van der Waals surface area contributed by atoms with E-state index in [1.165, 1.54) is 12.8 Å². The third kappa shape index (κ3) is 3.21. The van der Waals surface area contributed by atoms with Crippen molar-refractivity contribution in [2.45, 2.75) is 26.3 Å². The van der Waals surface area contributed by atoms with Gasteiger partial charge in [-0.15, -0.1) is 0 Å². The second kappa shape index (κ2) is 5.68. The van der Waals surface area contributed by atoms with E-state index in [9.17, 15) is 4.39 Å². The van der Waals surface area contributed by atoms with Crippen LogP contribution in [0, 0.1) is 11.7 Å². The summed E-state index contributed by atoms with van der Waals surface area (Å²) < 4.78 is 14.5. The summed E-state index contributed by atoms with van der Waals surface area (Å²) in [6, 6.07) is 3.62. The van der Waals surface area contributed by atoms with Crippen LogP contribution >= 0.6 is 27.5 Å². The van der Waals surface area contributed by atoms with Crippen LogP contribution in [0.4, 0.5) is 4.39 Å². The lowest BCUT2D eigenvalue weighted by Gasteiger charge is -2.31. The van der Waals surface area contributed by atoms with Crippen molar-refractivity contribution in [3.05, 3.63) is 33.0 Å². The molecule has 2 rings (SSSR count). The first-order valence-corrected chi connectivity index (χ1v) is 7.09. The Morgan fingerprint density at radius 3 is 3.00 bits per heavy atom. The number of nitrogens with zero attached hydrogens (tertiary/aromatic N) is 1. The third-order valence-corrected chi connectivity index (χ3v) is 4.51. The molecule has 0 aromatic heterocycles. The van der Waals surface area contributed by atoms with Crippen molar-refractivity contribution in [1.29, 1.82) is 0 Å². The Bertz CT molecular complexity index is 411. The van der Waals surface area contributed by atoms with Crippen molar-refractivity contribution in [2.24, 2.45) is 5.92 Å². The van der Waals surface area contributed by atoms with Gasteiger partial charge in [-0.1, -0.05) is 24.6 Å². The summed E-state index contributed by atoms with van der Waals surface area (Å²) in [5.74, 6) is 0.414. The molecule has 1 aliphatic heterocycles. The Balaban J connectivity index is 2.10. The van der Waals surface area contributed by atoms with Crippen molar-refractivity contribution < 1.29 is 4.39 Å². The third-order valence-electron chi connectivity index (χ3n) is 3.25. The smallest absolute Gasteiger partial charge is 0.147 e. The molecule has 1 fully saturated rings. The fourth-order valence-corrected chi connectivity index (χ4v) is 2.85. The molecule has 4 heteroatoms. The van der Waals surface area contributed by atoms with E-state index in [0.717, 1.165) is 13.1 Å². The molecule has 1 unspecified atom stereocenters. The second-order valence-electron chi connectivity index (χ2n) is 4.82. The van der Waals surface area contributed by atoms with Gasteiger partial charge in [0.1, 0.15) is 5.82 Å². The minimum absolute atomic E-state index is 0.188. The van der Waals surface area contributed by atoms with Crippen molar-refractivity contribution in [3.8, 4) is 0 Å². The maximum atomic E-state index is 13.9. The second-order valence-corrected chi connectivity index (χ2v) is 6.05. The maximum absolute atomic E-state index is 13.9. The van der Waals surface area contributed by atoms with Crippen LogP contribution < -0.4 is 0 Å². The Labute approximate surface area is 115 Å². The van der Waals surface area contributed by atoms with Gasteiger partial charge in [-0.3, -0.25) is 4.90 Å². The largest absolute Gasteiger partial charge is 0.299 e. The van der Waals surface area contributed by atoms with E-state index in [4.69, 9.17) is 11.6 Å². The van der Waals surface area contributed by atoms with Crippen molar-refractivity contribution in [3.63, 3.8) is 0 Å². The lowest BCUT2D eigenvalue weighted by Crippen LogP contribution is -2.34. The molecule has 0 spiro atoms. The van der Waals surface area contributed by atoms with Crippen LogP contribution in [0.5, 0.6) is 0 Å². The summed E-state index contributed by atoms with van der Waals surface area (Å²) in [4.78, 5) is 2.30. The number of benzene rings is 1. The van der Waals surface area contributed by atoms with Gasteiger partial charge in [-0.25, -0.2) is 4.39 Å². The van der Waals surface area contributed by atoms with E-state index in [1.807, 2.05) is 12.1 Å². The van der Waals surface area contributed by atoms with E-state index < -0.39 is 0 Å². The molecule has 1 saturated heterocycles. The molecule has 1 atom stereocenters. The van der Waals surface area contributed by atoms with Crippen LogP contribution in [0.2, 0.25) is 5.02 Å². The zero-order chi connectivity index (χ0) is 12.4. The number of hydrogen-bond donors (Lipinski definition) is 0. The average Bonchev–Trinajstić information content (AvgIpc) is 2.30. The molecule has 1 aromatic carbocycles. The van der Waals surface area contributed by atoms with Crippen LogP contribution in [0.15, 0.2) is 16.6 Å². The summed E-state index contributed by atoms with van der Waals surface area (Å²) in [5, 5.41) is 0.188. The van der Waals surface area contributed by atoms with Gasteiger partial charge in [-0.2, -0.15) is 0 Å². The number of piperidine rings is 1. The number of hydrogen-bond acceptors (Lipinski definition) is 1. The molecule has 1 heterocycles. The van der Waals surface area contributed by atoms with Crippen LogP contribution in [-0.4, -0.2) is 18.0 Å². The van der Waals surface area contributed by atoms with Crippen LogP contribution in [-0.2, 0) is 6.54 Å². The molecule has 1 nitrogen and oxygen atoms in total. The highest BCUT2D eigenvalue weighted by Gasteiger charge is 2.18. The van der Waals surface area contributed by atoms with Gasteiger partial charge in [0.15, 0.2) is 0 Å². The Morgan fingerprint density at radius 2 is 2.29 bits per heavy atom. The molecule has 17 heavy (non-hydrogen) atoms. The summed E-state index contributed by atoms with van der Waals surface area (Å²) in [6.07, 6.45) is 2.48. The van der Waals surface area contributed by atoms with Crippen molar-refractivity contribution in [2.75, 3.05) is 13.1 Å². The maximum Gasteiger partial charge on any atom is 0.147 e. The number of likely N-dealkylation sites (tertiary alicyclic amines) is 1. The van der Waals surface area contributed by atoms with Crippen molar-refractivity contribution >= 4 is 27.5 Å². The minimum atomic E-state index is -0.292. The lowest BCUT2D eigenvalue weighted by atomic mass is 10.00. The number of rotatable bonds is 2. The van der Waals surface area contributed by atoms with E-state index in [2.05, 4.69) is 27.8 Å². The normalized spacial score (nSPS) is 21.8. The van der Waals surface area contributed by atoms with Gasteiger partial charge in [-0.05, 0) is 47.3 Å². The predicted octanol–water partition coefficient (Wildman–Crippen LogP) is 4.47. The zero-order valence-electron chi connectivity index (χ0n) is 9.85. The van der Waals surface area contributed by atoms with Crippen LogP contribution in [0.3, 0.4) is 0 Å². The summed E-state index contributed by atoms with van der Waals surface area (Å²) in [5.41, 5.74) is 0.687. The van der Waals surface area contributed by atoms with E-state index in [0.29, 0.717) is 22.5 Å². The molecule has 0 N–H and O–H groups in total. The van der Waals surface area contributed by atoms with Gasteiger partial charge in [0.25, 0.3) is 0 Å². The van der Waals surface area contributed by atoms with Gasteiger partial charge in [0.05, 0.1) is 5.02 Å². The predicted molar refractivity (Wildman–Crippen MR) is 72.8 cm³/mol. The monoisotopic (exact) mass is 319 g/mol. The molecule has 0 radical (unpaired) electrons. The molecule has 0 bridgehead atoms. The van der Waals surface area contributed by atoms with E-state index >= 15 is 0 Å². The highest BCUT2D eigenvalue weighted by Crippen LogP contribution is 2.28. The first-order valence-electron chi connectivity index (χ1n) is 5.92. The molecular weight excluding hydrogens is 305 g/mol. The fraction of sp³-hybridized carbons (Fsp3) is 0.538. The highest BCUT2D eigenvalue weighted by atomic mass is 79.9. The van der Waals surface area contributed by atoms with E-state index in [-0.39, 0.29) is 10.8 Å². The fourth-order valence-electron chi connectivity index (χ4n) is 2.36. The van der Waals surface area contributed by atoms with E-state index in [1.54, 1.807) is 0 Å². The van der Waals surface area contributed by atoms with Gasteiger partial charge < -0.3 is 0 Å². The van der Waals surface area contributed by atoms with Gasteiger partial charge in [0, 0.05) is 23.1 Å². The Kier molecular flexibility index (Phi) is 4.45. The Morgan fingerprint density at radius 1 is 1.53 bits per heavy atom. The standard InChI is InChI=1S/C13H16BrClFN/c1-9-3-2-6-17(7-9)8-10-4-5-11(14)12(15)13(10)16/h4-5,9H,2-3,6-8H2,1H3. The lowest BCUT2D eigenvalue weighted by molar-refractivity contribution is 0.175. The summed E-state index contributed by atoms with van der Waals surface area (Å²) in [6.45, 7) is 5.00. The van der Waals surface area contributed by atoms with Crippen LogP contribution in [0.1, 0.15) is 25.3 Å². The zero-order valence-corrected chi connectivity index (χ0v) is 12.2. The molecule has 0 saturated carbocycles. The first kappa shape index (κ1) is 13.3. The quantitative estimate of drug-likeness (QED) is 0.727. The van der Waals surface area contributed by atoms with Crippen LogP contribution in [0.25, 0.3) is 0 Å². The summed E-state index contributed by atoms with van der Waals surface area (Å²) in [7, 11) is 0. The van der Waals surface area contributed by atoms with Gasteiger partial charge >= 0.3 is 0 Å². The molecule has 94 valence electrons. The SMILES string of the molecule is CC1CCCN(Cc2ccc(Br)c(Cl)c2F)C1. The molecule has 1 aliphatic rings. The topological polar surface area (TPSA) is 3.24 Å². The molecule has 0 amide bonds. The first-order chi connectivity index (χ1) is 8.08. The summed E-state index contributed by atoms with van der Waals surface area (Å²) >= 11 is 9.12. The highest BCUT2D eigenvalue weighted by molar-refractivity contribution is 9.10. The average molecular weight is 321 g/mol. The van der Waals surface area contributed by atoms with Gasteiger partial charge in [0.2, 0.25) is 0 Å². The molecule has 0 aliphatic carbocycles. The minimum Gasteiger partial charge on any atom is -0.299 e. The Hall–Kier alpha value is -0.120. The van der Waals surface area contributed by atoms with Crippen molar-refractivity contribution in [1.82, 2.24) is 4.90 Å². The molecule has 1 aromatic rings. The number of halogens is 3. The molecular formula is C13H16BrClFN.